The Hall–Kier alpha value is -2.67. The van der Waals surface area contributed by atoms with Crippen molar-refractivity contribution in [3.63, 3.8) is 0 Å². The molecule has 0 saturated heterocycles. The van der Waals surface area contributed by atoms with Gasteiger partial charge >= 0.3 is 5.97 Å². The molecular weight excluding hydrogens is 388 g/mol. The smallest absolute Gasteiger partial charge is 0.303 e. The van der Waals surface area contributed by atoms with Gasteiger partial charge in [-0.15, -0.1) is 11.3 Å². The zero-order chi connectivity index (χ0) is 21.1. The van der Waals surface area contributed by atoms with Crippen LogP contribution in [0.3, 0.4) is 0 Å². The molecule has 29 heavy (non-hydrogen) atoms. The number of thiophene rings is 1. The number of hydrogen-bond donors (Lipinski definition) is 1. The molecule has 0 bridgehead atoms. The maximum Gasteiger partial charge on any atom is 0.303 e. The summed E-state index contributed by atoms with van der Waals surface area (Å²) in [7, 11) is 1.62. The van der Waals surface area contributed by atoms with E-state index in [-0.39, 0.29) is 12.0 Å². The van der Waals surface area contributed by atoms with Crippen molar-refractivity contribution in [2.45, 2.75) is 53.0 Å². The van der Waals surface area contributed by atoms with Crippen LogP contribution in [0.4, 0.5) is 0 Å². The minimum absolute atomic E-state index is 0.0251. The van der Waals surface area contributed by atoms with Crippen molar-refractivity contribution in [3.05, 3.63) is 44.8 Å². The molecule has 0 aliphatic carbocycles. The summed E-state index contributed by atoms with van der Waals surface area (Å²) in [6.07, 6.45) is 1.96. The van der Waals surface area contributed by atoms with Gasteiger partial charge in [-0.3, -0.25) is 14.2 Å². The summed E-state index contributed by atoms with van der Waals surface area (Å²) < 4.78 is 7.22. The number of aliphatic carboxylic acids is 1. The molecule has 0 fully saturated rings. The van der Waals surface area contributed by atoms with E-state index in [2.05, 4.69) is 0 Å². The van der Waals surface area contributed by atoms with E-state index in [1.54, 1.807) is 11.7 Å². The Bertz CT molecular complexity index is 1110. The third-order valence-electron chi connectivity index (χ3n) is 4.94. The third-order valence-corrected chi connectivity index (χ3v) is 5.94. The van der Waals surface area contributed by atoms with Crippen LogP contribution >= 0.6 is 11.3 Å². The van der Waals surface area contributed by atoms with Crippen molar-refractivity contribution >= 4 is 27.5 Å². The monoisotopic (exact) mass is 414 g/mol. The topological polar surface area (TPSA) is 81.4 Å². The standard InChI is InChI=1S/C22H26N2O4S/c1-5-7-17-23-21-20(22(27)24(17)11-6-8-18(25)26)19(14(3)29-21)15-12-13(2)9-10-16(15)28-4/h9-10,12H,5-8,11H2,1-4H3,(H,25,26). The van der Waals surface area contributed by atoms with Crippen LogP contribution in [-0.2, 0) is 17.8 Å². The summed E-state index contributed by atoms with van der Waals surface area (Å²) >= 11 is 1.52. The normalized spacial score (nSPS) is 11.2. The van der Waals surface area contributed by atoms with Crippen molar-refractivity contribution in [2.75, 3.05) is 7.11 Å². The number of nitrogens with zero attached hydrogens (tertiary/aromatic N) is 2. The lowest BCUT2D eigenvalue weighted by molar-refractivity contribution is -0.137. The second-order valence-corrected chi connectivity index (χ2v) is 8.35. The van der Waals surface area contributed by atoms with Crippen LogP contribution in [0.25, 0.3) is 21.3 Å². The second kappa shape index (κ2) is 8.78. The number of fused-ring (bicyclic) bond motifs is 1. The minimum atomic E-state index is -0.860. The van der Waals surface area contributed by atoms with Crippen LogP contribution in [-0.4, -0.2) is 27.7 Å². The molecule has 0 aliphatic heterocycles. The molecule has 3 aromatic rings. The lowest BCUT2D eigenvalue weighted by Crippen LogP contribution is -2.25. The predicted molar refractivity (Wildman–Crippen MR) is 116 cm³/mol. The van der Waals surface area contributed by atoms with Crippen molar-refractivity contribution in [1.29, 1.82) is 0 Å². The Balaban J connectivity index is 2.26. The molecule has 7 heteroatoms. The van der Waals surface area contributed by atoms with Crippen LogP contribution in [0, 0.1) is 13.8 Å². The number of ether oxygens (including phenoxy) is 1. The molecular formula is C22H26N2O4S. The average molecular weight is 415 g/mol. The van der Waals surface area contributed by atoms with E-state index in [9.17, 15) is 9.59 Å². The number of aromatic nitrogens is 2. The van der Waals surface area contributed by atoms with Gasteiger partial charge in [-0.2, -0.15) is 0 Å². The molecule has 154 valence electrons. The predicted octanol–water partition coefficient (Wildman–Crippen LogP) is 4.57. The summed E-state index contributed by atoms with van der Waals surface area (Å²) in [5, 5.41) is 9.56. The summed E-state index contributed by atoms with van der Waals surface area (Å²) in [6, 6.07) is 5.92. The van der Waals surface area contributed by atoms with Gasteiger partial charge in [-0.25, -0.2) is 4.98 Å². The molecule has 1 N–H and O–H groups in total. The fourth-order valence-corrected chi connectivity index (χ4v) is 4.66. The summed E-state index contributed by atoms with van der Waals surface area (Å²) in [5.74, 6) is 0.577. The highest BCUT2D eigenvalue weighted by Gasteiger charge is 2.21. The molecule has 2 aromatic heterocycles. The van der Waals surface area contributed by atoms with Crippen molar-refractivity contribution in [2.24, 2.45) is 0 Å². The van der Waals surface area contributed by atoms with E-state index in [0.717, 1.165) is 38.6 Å². The quantitative estimate of drug-likeness (QED) is 0.584. The highest BCUT2D eigenvalue weighted by molar-refractivity contribution is 7.19. The fraction of sp³-hybridized carbons (Fsp3) is 0.409. The highest BCUT2D eigenvalue weighted by Crippen LogP contribution is 2.40. The lowest BCUT2D eigenvalue weighted by Gasteiger charge is -2.13. The van der Waals surface area contributed by atoms with Gasteiger partial charge in [0, 0.05) is 35.4 Å². The molecule has 0 aliphatic rings. The number of methoxy groups -OCH3 is 1. The van der Waals surface area contributed by atoms with Gasteiger partial charge in [-0.1, -0.05) is 18.6 Å². The van der Waals surface area contributed by atoms with E-state index in [0.29, 0.717) is 30.5 Å². The minimum Gasteiger partial charge on any atom is -0.496 e. The first-order valence-corrected chi connectivity index (χ1v) is 10.6. The summed E-state index contributed by atoms with van der Waals surface area (Å²) in [4.78, 5) is 31.0. The Morgan fingerprint density at radius 2 is 2.07 bits per heavy atom. The molecule has 0 unspecified atom stereocenters. The first-order valence-electron chi connectivity index (χ1n) is 9.77. The first-order chi connectivity index (χ1) is 13.9. The van der Waals surface area contributed by atoms with Gasteiger partial charge in [0.1, 0.15) is 16.4 Å². The maximum atomic E-state index is 13.5. The van der Waals surface area contributed by atoms with Crippen LogP contribution < -0.4 is 10.3 Å². The molecule has 1 aromatic carbocycles. The Kier molecular flexibility index (Phi) is 6.37. The largest absolute Gasteiger partial charge is 0.496 e. The molecule has 0 saturated carbocycles. The lowest BCUT2D eigenvalue weighted by atomic mass is 10.0. The number of aryl methyl sites for hydroxylation is 3. The molecule has 0 amide bonds. The van der Waals surface area contributed by atoms with Crippen LogP contribution in [0.5, 0.6) is 5.75 Å². The van der Waals surface area contributed by atoms with Gasteiger partial charge in [-0.05, 0) is 38.8 Å². The Morgan fingerprint density at radius 1 is 1.31 bits per heavy atom. The molecule has 0 atom stereocenters. The van der Waals surface area contributed by atoms with Crippen LogP contribution in [0.15, 0.2) is 23.0 Å². The van der Waals surface area contributed by atoms with E-state index >= 15 is 0 Å². The number of benzene rings is 1. The van der Waals surface area contributed by atoms with Gasteiger partial charge in [0.2, 0.25) is 0 Å². The van der Waals surface area contributed by atoms with Crippen molar-refractivity contribution < 1.29 is 14.6 Å². The molecule has 6 nitrogen and oxygen atoms in total. The highest BCUT2D eigenvalue weighted by atomic mass is 32.1. The van der Waals surface area contributed by atoms with Gasteiger partial charge < -0.3 is 9.84 Å². The molecule has 0 radical (unpaired) electrons. The number of carboxylic acid groups (broad SMARTS) is 1. The average Bonchev–Trinajstić information content (AvgIpc) is 3.00. The second-order valence-electron chi connectivity index (χ2n) is 7.15. The molecule has 0 spiro atoms. The first kappa shape index (κ1) is 21.0. The van der Waals surface area contributed by atoms with E-state index in [4.69, 9.17) is 14.8 Å². The van der Waals surface area contributed by atoms with Gasteiger partial charge in [0.05, 0.1) is 12.5 Å². The van der Waals surface area contributed by atoms with E-state index in [1.165, 1.54) is 11.3 Å². The SMILES string of the molecule is CCCc1nc2sc(C)c(-c3cc(C)ccc3OC)c2c(=O)n1CCCC(=O)O. The summed E-state index contributed by atoms with van der Waals surface area (Å²) in [5.41, 5.74) is 2.72. The molecule has 2 heterocycles. The Labute approximate surface area is 173 Å². The van der Waals surface area contributed by atoms with Crippen molar-refractivity contribution in [3.8, 4) is 16.9 Å². The Morgan fingerprint density at radius 3 is 2.72 bits per heavy atom. The number of hydrogen-bond acceptors (Lipinski definition) is 5. The zero-order valence-electron chi connectivity index (χ0n) is 17.2. The van der Waals surface area contributed by atoms with Gasteiger partial charge in [0.25, 0.3) is 5.56 Å². The van der Waals surface area contributed by atoms with E-state index < -0.39 is 5.97 Å². The van der Waals surface area contributed by atoms with Crippen LogP contribution in [0.1, 0.15) is 42.5 Å². The number of rotatable bonds is 8. The zero-order valence-corrected chi connectivity index (χ0v) is 18.1. The molecule has 3 rings (SSSR count). The van der Waals surface area contributed by atoms with Crippen LogP contribution in [0.2, 0.25) is 0 Å². The number of carbonyl (C=O) groups is 1. The third kappa shape index (κ3) is 4.19. The maximum absolute atomic E-state index is 13.5. The number of carboxylic acids is 1. The van der Waals surface area contributed by atoms with Gasteiger partial charge in [0.15, 0.2) is 0 Å². The summed E-state index contributed by atoms with van der Waals surface area (Å²) in [6.45, 7) is 6.40. The fourth-order valence-electron chi connectivity index (χ4n) is 3.61. The van der Waals surface area contributed by atoms with Crippen molar-refractivity contribution in [1.82, 2.24) is 9.55 Å². The van der Waals surface area contributed by atoms with E-state index in [1.807, 2.05) is 39.0 Å².